The molecule has 1 amide bonds. The Balaban J connectivity index is 1.41. The fraction of sp³-hybridized carbons (Fsp3) is 0.500. The molecule has 35 heavy (non-hydrogen) atoms. The normalized spacial score (nSPS) is 21.0. The molecule has 6 nitrogen and oxygen atoms in total. The number of hydrogen-bond donors (Lipinski definition) is 1. The van der Waals surface area contributed by atoms with Crippen molar-refractivity contribution in [1.29, 1.82) is 0 Å². The Morgan fingerprint density at radius 1 is 1.17 bits per heavy atom. The predicted molar refractivity (Wildman–Crippen MR) is 127 cm³/mol. The lowest BCUT2D eigenvalue weighted by Gasteiger charge is -2.37. The van der Waals surface area contributed by atoms with Crippen LogP contribution in [0, 0.1) is 5.92 Å². The highest BCUT2D eigenvalue weighted by molar-refractivity contribution is 5.95. The molecular formula is C26H32F3N3O3. The third-order valence-electron chi connectivity index (χ3n) is 7.12. The number of phenols is 1. The lowest BCUT2D eigenvalue weighted by molar-refractivity contribution is -0.275. The van der Waals surface area contributed by atoms with Crippen molar-refractivity contribution in [2.75, 3.05) is 39.8 Å². The summed E-state index contributed by atoms with van der Waals surface area (Å²) in [7, 11) is 2.06. The molecule has 190 valence electrons. The second-order valence-corrected chi connectivity index (χ2v) is 10.1. The SMILES string of the molecule is CN1CCN(C(=O)C2=CC=CC3=CN(C(C)(C)CCc4ccc(O)c(OC(F)(F)F)c4)CC32)CC1. The number of alkyl halides is 3. The molecule has 3 aliphatic rings. The van der Waals surface area contributed by atoms with Crippen LogP contribution in [0.5, 0.6) is 11.5 Å². The smallest absolute Gasteiger partial charge is 0.504 e. The third kappa shape index (κ3) is 5.83. The number of ether oxygens (including phenoxy) is 1. The summed E-state index contributed by atoms with van der Waals surface area (Å²) in [6.45, 7) is 8.04. The van der Waals surface area contributed by atoms with E-state index in [-0.39, 0.29) is 17.4 Å². The standard InChI is InChI=1S/C26H32F3N3O3/c1-25(2,10-9-18-7-8-22(33)23(15-18)35-26(27,28)29)32-16-19-5-4-6-20(21(19)17-32)24(34)31-13-11-30(3)12-14-31/h4-8,15-16,21,33H,9-14,17H2,1-3H3. The van der Waals surface area contributed by atoms with E-state index in [0.717, 1.165) is 37.3 Å². The Labute approximate surface area is 203 Å². The molecule has 0 bridgehead atoms. The fourth-order valence-electron chi connectivity index (χ4n) is 4.79. The lowest BCUT2D eigenvalue weighted by Crippen LogP contribution is -2.48. The number of piperazine rings is 1. The van der Waals surface area contributed by atoms with Crippen molar-refractivity contribution >= 4 is 5.91 Å². The summed E-state index contributed by atoms with van der Waals surface area (Å²) in [5, 5.41) is 9.71. The Morgan fingerprint density at radius 2 is 1.89 bits per heavy atom. The largest absolute Gasteiger partial charge is 0.573 e. The predicted octanol–water partition coefficient (Wildman–Crippen LogP) is 4.09. The number of likely N-dealkylation sites (N-methyl/N-ethyl adjacent to an activating group) is 1. The number of allylic oxidation sites excluding steroid dienone is 3. The number of carbonyl (C=O) groups excluding carboxylic acids is 1. The zero-order valence-electron chi connectivity index (χ0n) is 20.3. The minimum atomic E-state index is -4.87. The minimum absolute atomic E-state index is 0.00638. The van der Waals surface area contributed by atoms with Gasteiger partial charge in [0.1, 0.15) is 0 Å². The maximum absolute atomic E-state index is 13.3. The van der Waals surface area contributed by atoms with Gasteiger partial charge in [0, 0.05) is 56.0 Å². The van der Waals surface area contributed by atoms with Gasteiger partial charge >= 0.3 is 6.36 Å². The van der Waals surface area contributed by atoms with E-state index in [1.54, 1.807) is 6.07 Å². The van der Waals surface area contributed by atoms with Gasteiger partial charge in [-0.05, 0) is 57.0 Å². The summed E-state index contributed by atoms with van der Waals surface area (Å²) >= 11 is 0. The van der Waals surface area contributed by atoms with Gasteiger partial charge in [0.25, 0.3) is 5.91 Å². The van der Waals surface area contributed by atoms with Crippen LogP contribution in [0.2, 0.25) is 0 Å². The second-order valence-electron chi connectivity index (χ2n) is 10.1. The number of nitrogens with zero attached hydrogens (tertiary/aromatic N) is 3. The second kappa shape index (κ2) is 9.60. The first-order chi connectivity index (χ1) is 16.4. The monoisotopic (exact) mass is 491 g/mol. The molecule has 1 saturated heterocycles. The average molecular weight is 492 g/mol. The molecule has 0 saturated carbocycles. The molecule has 1 fully saturated rings. The Kier molecular flexibility index (Phi) is 6.90. The first kappa shape index (κ1) is 25.2. The molecule has 1 atom stereocenters. The van der Waals surface area contributed by atoms with Gasteiger partial charge in [0.2, 0.25) is 0 Å². The van der Waals surface area contributed by atoms with Crippen molar-refractivity contribution in [3.05, 3.63) is 59.3 Å². The van der Waals surface area contributed by atoms with Gasteiger partial charge in [-0.3, -0.25) is 4.79 Å². The minimum Gasteiger partial charge on any atom is -0.504 e. The topological polar surface area (TPSA) is 56.2 Å². The lowest BCUT2D eigenvalue weighted by atomic mass is 9.87. The molecular weight excluding hydrogens is 459 g/mol. The first-order valence-electron chi connectivity index (χ1n) is 11.9. The van der Waals surface area contributed by atoms with E-state index >= 15 is 0 Å². The van der Waals surface area contributed by atoms with Crippen LogP contribution >= 0.6 is 0 Å². The highest BCUT2D eigenvalue weighted by Crippen LogP contribution is 2.38. The number of halogens is 3. The number of benzene rings is 1. The van der Waals surface area contributed by atoms with Gasteiger partial charge in [-0.1, -0.05) is 24.3 Å². The molecule has 0 radical (unpaired) electrons. The van der Waals surface area contributed by atoms with Crippen LogP contribution in [0.15, 0.2) is 53.8 Å². The van der Waals surface area contributed by atoms with Crippen molar-refractivity contribution in [2.45, 2.75) is 38.6 Å². The molecule has 2 aliphatic heterocycles. The highest BCUT2D eigenvalue weighted by Gasteiger charge is 2.38. The molecule has 1 N–H and O–H groups in total. The van der Waals surface area contributed by atoms with Gasteiger partial charge < -0.3 is 24.5 Å². The molecule has 0 aromatic heterocycles. The van der Waals surface area contributed by atoms with Crippen molar-refractivity contribution in [3.8, 4) is 11.5 Å². The molecule has 0 spiro atoms. The molecule has 2 heterocycles. The number of aromatic hydroxyl groups is 1. The molecule has 4 rings (SSSR count). The molecule has 1 unspecified atom stereocenters. The van der Waals surface area contributed by atoms with Crippen molar-refractivity contribution in [3.63, 3.8) is 0 Å². The van der Waals surface area contributed by atoms with Crippen LogP contribution in [-0.2, 0) is 11.2 Å². The summed E-state index contributed by atoms with van der Waals surface area (Å²) in [6.07, 6.45) is 4.30. The van der Waals surface area contributed by atoms with Crippen LogP contribution < -0.4 is 4.74 Å². The van der Waals surface area contributed by atoms with Gasteiger partial charge in [-0.15, -0.1) is 13.2 Å². The summed E-state index contributed by atoms with van der Waals surface area (Å²) < 4.78 is 41.8. The molecule has 1 aromatic rings. The zero-order valence-corrected chi connectivity index (χ0v) is 20.3. The number of phenolic OH excluding ortho intramolecular Hbond substituents is 1. The summed E-state index contributed by atoms with van der Waals surface area (Å²) in [5.41, 5.74) is 2.26. The highest BCUT2D eigenvalue weighted by atomic mass is 19.4. The van der Waals surface area contributed by atoms with Crippen LogP contribution in [0.3, 0.4) is 0 Å². The molecule has 1 aromatic carbocycles. The first-order valence-corrected chi connectivity index (χ1v) is 11.9. The number of carbonyl (C=O) groups is 1. The molecule has 9 heteroatoms. The number of rotatable bonds is 6. The maximum Gasteiger partial charge on any atom is 0.573 e. The number of amides is 1. The van der Waals surface area contributed by atoms with Crippen molar-refractivity contribution in [1.82, 2.24) is 14.7 Å². The average Bonchev–Trinajstić information content (AvgIpc) is 3.24. The van der Waals surface area contributed by atoms with Crippen LogP contribution in [0.25, 0.3) is 0 Å². The van der Waals surface area contributed by atoms with Crippen molar-refractivity contribution < 1.29 is 27.8 Å². The number of fused-ring (bicyclic) bond motifs is 1. The van der Waals surface area contributed by atoms with E-state index in [2.05, 4.69) is 41.6 Å². The Bertz CT molecular complexity index is 1050. The van der Waals surface area contributed by atoms with Gasteiger partial charge in [0.05, 0.1) is 0 Å². The third-order valence-corrected chi connectivity index (χ3v) is 7.12. The number of hydrogen-bond acceptors (Lipinski definition) is 5. The van der Waals surface area contributed by atoms with E-state index in [1.165, 1.54) is 12.1 Å². The Morgan fingerprint density at radius 3 is 2.57 bits per heavy atom. The van der Waals surface area contributed by atoms with Gasteiger partial charge in [-0.2, -0.15) is 0 Å². The molecule has 1 aliphatic carbocycles. The number of aryl methyl sites for hydroxylation is 1. The van der Waals surface area contributed by atoms with Crippen LogP contribution in [-0.4, -0.2) is 77.4 Å². The van der Waals surface area contributed by atoms with Crippen LogP contribution in [0.4, 0.5) is 13.2 Å². The summed E-state index contributed by atoms with van der Waals surface area (Å²) in [4.78, 5) is 19.6. The summed E-state index contributed by atoms with van der Waals surface area (Å²) in [6, 6.07) is 4.07. The van der Waals surface area contributed by atoms with E-state index in [9.17, 15) is 23.1 Å². The quantitative estimate of drug-likeness (QED) is 0.650. The van der Waals surface area contributed by atoms with Crippen LogP contribution in [0.1, 0.15) is 25.8 Å². The Hall–Kier alpha value is -2.94. The van der Waals surface area contributed by atoms with E-state index in [0.29, 0.717) is 24.9 Å². The summed E-state index contributed by atoms with van der Waals surface area (Å²) in [5.74, 6) is -1.04. The van der Waals surface area contributed by atoms with Gasteiger partial charge in [0.15, 0.2) is 11.5 Å². The zero-order chi connectivity index (χ0) is 25.4. The van der Waals surface area contributed by atoms with E-state index in [1.807, 2.05) is 23.1 Å². The van der Waals surface area contributed by atoms with E-state index < -0.39 is 17.9 Å². The van der Waals surface area contributed by atoms with Gasteiger partial charge in [-0.25, -0.2) is 0 Å². The van der Waals surface area contributed by atoms with Crippen molar-refractivity contribution in [2.24, 2.45) is 5.92 Å². The maximum atomic E-state index is 13.3. The van der Waals surface area contributed by atoms with E-state index in [4.69, 9.17) is 0 Å². The fourth-order valence-corrected chi connectivity index (χ4v) is 4.79.